The molecular weight excluding hydrogens is 320 g/mol. The highest BCUT2D eigenvalue weighted by atomic mass is 32.2. The zero-order valence-corrected chi connectivity index (χ0v) is 14.8. The van der Waals surface area contributed by atoms with Crippen LogP contribution in [-0.2, 0) is 16.4 Å². The van der Waals surface area contributed by atoms with Crippen molar-refractivity contribution >= 4 is 26.5 Å². The molecule has 0 bridgehead atoms. The first-order valence-corrected chi connectivity index (χ1v) is 9.34. The molecule has 5 heteroatoms. The summed E-state index contributed by atoms with van der Waals surface area (Å²) in [7, 11) is -3.68. The Morgan fingerprint density at radius 3 is 2.17 bits per heavy atom. The first-order chi connectivity index (χ1) is 11.4. The van der Waals surface area contributed by atoms with Gasteiger partial charge >= 0.3 is 0 Å². The summed E-state index contributed by atoms with van der Waals surface area (Å²) in [6.07, 6.45) is 0.964. The van der Waals surface area contributed by atoms with Crippen molar-refractivity contribution in [1.29, 1.82) is 0 Å². The van der Waals surface area contributed by atoms with Crippen LogP contribution in [0.25, 0.3) is 4.91 Å². The summed E-state index contributed by atoms with van der Waals surface area (Å²) in [5.74, 6) is 0.384. The molecule has 0 atom stereocenters. The largest absolute Gasteiger partial charge is 0.339 e. The summed E-state index contributed by atoms with van der Waals surface area (Å²) in [5.41, 5.74) is 4.45. The van der Waals surface area contributed by atoms with Crippen molar-refractivity contribution in [1.82, 2.24) is 0 Å². The monoisotopic (exact) mass is 340 g/mol. The van der Waals surface area contributed by atoms with Gasteiger partial charge in [0.05, 0.1) is 0 Å². The van der Waals surface area contributed by atoms with Crippen molar-refractivity contribution in [3.8, 4) is 0 Å². The Morgan fingerprint density at radius 2 is 1.58 bits per heavy atom. The van der Waals surface area contributed by atoms with E-state index in [0.717, 1.165) is 17.7 Å². The molecule has 2 aromatic carbocycles. The average Bonchev–Trinajstić information content (AvgIpc) is 2.78. The minimum atomic E-state index is -3.68. The van der Waals surface area contributed by atoms with Gasteiger partial charge in [0.2, 0.25) is 0 Å². The number of sulfonamides is 1. The molecule has 3 rings (SSSR count). The van der Waals surface area contributed by atoms with Crippen LogP contribution in [0.4, 0.5) is 5.69 Å². The van der Waals surface area contributed by atoms with E-state index in [1.165, 1.54) is 5.56 Å². The van der Waals surface area contributed by atoms with Crippen LogP contribution in [0, 0.1) is 6.92 Å². The number of nitrogens with one attached hydrogen (secondary N) is 1. The van der Waals surface area contributed by atoms with Crippen LogP contribution < -0.4 is 5.32 Å². The van der Waals surface area contributed by atoms with Gasteiger partial charge in [-0.15, -0.1) is 4.40 Å². The summed E-state index contributed by atoms with van der Waals surface area (Å²) in [6.45, 7) is 5.85. The lowest BCUT2D eigenvalue weighted by atomic mass is 10.1. The molecule has 124 valence electrons. The van der Waals surface area contributed by atoms with Crippen LogP contribution in [0.2, 0.25) is 0 Å². The smallest absolute Gasteiger partial charge is 0.285 e. The van der Waals surface area contributed by atoms with Gasteiger partial charge in [0.1, 0.15) is 10.7 Å². The standard InChI is InChI=1S/C19H20N2O2S/c1-4-15-7-11-17(12-8-15)20-19-14(3)18(24(22,23)21-19)16-9-5-13(2)6-10-16/h5-12H,4H2,1-3H3,(H,20,21). The number of anilines is 1. The molecule has 0 saturated carbocycles. The molecule has 0 aromatic heterocycles. The minimum absolute atomic E-state index is 0.273. The highest BCUT2D eigenvalue weighted by Gasteiger charge is 2.30. The maximum atomic E-state index is 12.5. The number of nitrogens with zero attached hydrogens (tertiary/aromatic N) is 1. The zero-order valence-electron chi connectivity index (χ0n) is 14.0. The molecule has 0 amide bonds. The van der Waals surface area contributed by atoms with Gasteiger partial charge in [-0.3, -0.25) is 0 Å². The van der Waals surface area contributed by atoms with Crippen molar-refractivity contribution in [2.24, 2.45) is 4.40 Å². The predicted molar refractivity (Wildman–Crippen MR) is 99.6 cm³/mol. The van der Waals surface area contributed by atoms with E-state index in [0.29, 0.717) is 17.0 Å². The average molecular weight is 340 g/mol. The van der Waals surface area contributed by atoms with E-state index in [1.54, 1.807) is 6.92 Å². The predicted octanol–water partition coefficient (Wildman–Crippen LogP) is 4.14. The summed E-state index contributed by atoms with van der Waals surface area (Å²) in [6, 6.07) is 15.4. The van der Waals surface area contributed by atoms with Crippen LogP contribution in [-0.4, -0.2) is 14.3 Å². The third-order valence-corrected chi connectivity index (χ3v) is 5.58. The fourth-order valence-electron chi connectivity index (χ4n) is 2.68. The van der Waals surface area contributed by atoms with Crippen LogP contribution in [0.3, 0.4) is 0 Å². The number of rotatable bonds is 3. The molecule has 2 aromatic rings. The van der Waals surface area contributed by atoms with E-state index in [4.69, 9.17) is 0 Å². The normalized spacial score (nSPS) is 16.2. The first-order valence-electron chi connectivity index (χ1n) is 7.90. The van der Waals surface area contributed by atoms with Crippen molar-refractivity contribution in [2.45, 2.75) is 27.2 Å². The second kappa shape index (κ2) is 6.24. The van der Waals surface area contributed by atoms with Crippen molar-refractivity contribution < 1.29 is 8.42 Å². The van der Waals surface area contributed by atoms with Gasteiger partial charge in [-0.1, -0.05) is 48.9 Å². The van der Waals surface area contributed by atoms with Crippen molar-refractivity contribution in [2.75, 3.05) is 5.32 Å². The Labute approximate surface area is 143 Å². The van der Waals surface area contributed by atoms with Crippen molar-refractivity contribution in [3.63, 3.8) is 0 Å². The van der Waals surface area contributed by atoms with Gasteiger partial charge in [-0.25, -0.2) is 0 Å². The fraction of sp³-hybridized carbons (Fsp3) is 0.211. The van der Waals surface area contributed by atoms with E-state index in [9.17, 15) is 8.42 Å². The lowest BCUT2D eigenvalue weighted by Gasteiger charge is -2.08. The Morgan fingerprint density at radius 1 is 0.958 bits per heavy atom. The Balaban J connectivity index is 1.95. The van der Waals surface area contributed by atoms with E-state index < -0.39 is 10.0 Å². The highest BCUT2D eigenvalue weighted by molar-refractivity contribution is 8.00. The Hall–Kier alpha value is -2.40. The highest BCUT2D eigenvalue weighted by Crippen LogP contribution is 2.33. The molecular formula is C19H20N2O2S. The van der Waals surface area contributed by atoms with Crippen LogP contribution in [0.1, 0.15) is 30.5 Å². The van der Waals surface area contributed by atoms with Crippen molar-refractivity contribution in [3.05, 3.63) is 70.8 Å². The topological polar surface area (TPSA) is 58.5 Å². The van der Waals surface area contributed by atoms with Crippen LogP contribution >= 0.6 is 0 Å². The van der Waals surface area contributed by atoms with E-state index >= 15 is 0 Å². The lowest BCUT2D eigenvalue weighted by molar-refractivity contribution is 0.608. The third-order valence-electron chi connectivity index (χ3n) is 4.10. The number of hydrogen-bond donors (Lipinski definition) is 1. The quantitative estimate of drug-likeness (QED) is 0.913. The molecule has 1 N–H and O–H groups in total. The van der Waals surface area contributed by atoms with Gasteiger partial charge in [0.25, 0.3) is 10.0 Å². The Kier molecular flexibility index (Phi) is 4.28. The Bertz CT molecular complexity index is 922. The zero-order chi connectivity index (χ0) is 17.3. The van der Waals surface area contributed by atoms with Gasteiger partial charge in [0, 0.05) is 11.3 Å². The summed E-state index contributed by atoms with van der Waals surface area (Å²) < 4.78 is 28.9. The van der Waals surface area contributed by atoms with E-state index in [-0.39, 0.29) is 4.91 Å². The number of amidine groups is 1. The molecule has 1 aliphatic heterocycles. The molecule has 0 unspecified atom stereocenters. The maximum absolute atomic E-state index is 12.5. The minimum Gasteiger partial charge on any atom is -0.339 e. The molecule has 0 saturated heterocycles. The van der Waals surface area contributed by atoms with Gasteiger partial charge < -0.3 is 5.32 Å². The summed E-state index contributed by atoms with van der Waals surface area (Å²) in [5, 5.41) is 3.12. The van der Waals surface area contributed by atoms with Gasteiger partial charge in [-0.2, -0.15) is 8.42 Å². The van der Waals surface area contributed by atoms with Crippen LogP contribution in [0.15, 0.2) is 58.5 Å². The molecule has 0 fully saturated rings. The number of benzene rings is 2. The summed E-state index contributed by atoms with van der Waals surface area (Å²) in [4.78, 5) is 0.273. The van der Waals surface area contributed by atoms with Crippen LogP contribution in [0.5, 0.6) is 0 Å². The molecule has 0 radical (unpaired) electrons. The maximum Gasteiger partial charge on any atom is 0.285 e. The molecule has 1 heterocycles. The summed E-state index contributed by atoms with van der Waals surface area (Å²) >= 11 is 0. The second-order valence-electron chi connectivity index (χ2n) is 5.91. The molecule has 1 aliphatic rings. The SMILES string of the molecule is CCc1ccc(NC2=NS(=O)(=O)C(c3ccc(C)cc3)=C2C)cc1. The number of hydrogen-bond acceptors (Lipinski definition) is 3. The first kappa shape index (κ1) is 16.5. The lowest BCUT2D eigenvalue weighted by Crippen LogP contribution is -2.11. The number of aryl methyl sites for hydroxylation is 2. The fourth-order valence-corrected chi connectivity index (χ4v) is 4.11. The molecule has 24 heavy (non-hydrogen) atoms. The third kappa shape index (κ3) is 3.12. The second-order valence-corrected chi connectivity index (χ2v) is 7.45. The molecule has 0 aliphatic carbocycles. The molecule has 0 spiro atoms. The molecule has 4 nitrogen and oxygen atoms in total. The van der Waals surface area contributed by atoms with Gasteiger partial charge in [-0.05, 0) is 43.5 Å². The van der Waals surface area contributed by atoms with Gasteiger partial charge in [0.15, 0.2) is 0 Å². The van der Waals surface area contributed by atoms with E-state index in [2.05, 4.69) is 16.6 Å². The van der Waals surface area contributed by atoms with E-state index in [1.807, 2.05) is 55.5 Å².